The lowest BCUT2D eigenvalue weighted by Crippen LogP contribution is -2.13. The Hall–Kier alpha value is -2.51. The number of hydrogen-bond acceptors (Lipinski definition) is 1. The van der Waals surface area contributed by atoms with Crippen molar-refractivity contribution >= 4 is 11.8 Å². The van der Waals surface area contributed by atoms with E-state index in [0.29, 0.717) is 0 Å². The summed E-state index contributed by atoms with van der Waals surface area (Å²) in [5.41, 5.74) is -2.00. The van der Waals surface area contributed by atoms with Gasteiger partial charge in [0.2, 0.25) is 0 Å². The van der Waals surface area contributed by atoms with Gasteiger partial charge in [-0.25, -0.2) is 0 Å². The monoisotopic (exact) mass is 454 g/mol. The quantitative estimate of drug-likeness (QED) is 0.336. The summed E-state index contributed by atoms with van der Waals surface area (Å²) in [6, 6.07) is 5.65. The largest absolute Gasteiger partial charge is 0.417 e. The van der Waals surface area contributed by atoms with Gasteiger partial charge in [0.15, 0.2) is 0 Å². The van der Waals surface area contributed by atoms with Crippen molar-refractivity contribution in [2.75, 3.05) is 0 Å². The summed E-state index contributed by atoms with van der Waals surface area (Å²) >= 11 is 0.815. The second-order valence-corrected chi connectivity index (χ2v) is 7.58. The molecule has 31 heavy (non-hydrogen) atoms. The Labute approximate surface area is 182 Å². The Morgan fingerprint density at radius 2 is 1.03 bits per heavy atom. The van der Waals surface area contributed by atoms with E-state index in [1.807, 2.05) is 0 Å². The van der Waals surface area contributed by atoms with Gasteiger partial charge in [0.1, 0.15) is 0 Å². The average Bonchev–Trinajstić information content (AvgIpc) is 2.68. The fraction of sp³-hybridized carbons (Fsp3) is 0.333. The van der Waals surface area contributed by atoms with Crippen LogP contribution in [0.4, 0.5) is 26.3 Å². The molecule has 2 aromatic carbocycles. The predicted molar refractivity (Wildman–Crippen MR) is 111 cm³/mol. The Bertz CT molecular complexity index is 998. The fourth-order valence-corrected chi connectivity index (χ4v) is 4.30. The van der Waals surface area contributed by atoms with Crippen LogP contribution in [0.15, 0.2) is 34.1 Å². The predicted octanol–water partition coefficient (Wildman–Crippen LogP) is 7.74. The normalized spacial score (nSPS) is 11.4. The van der Waals surface area contributed by atoms with Gasteiger partial charge in [-0.1, -0.05) is 49.6 Å². The van der Waals surface area contributed by atoms with E-state index in [9.17, 15) is 26.3 Å². The highest BCUT2D eigenvalue weighted by molar-refractivity contribution is 7.99. The molecule has 0 saturated heterocycles. The van der Waals surface area contributed by atoms with Gasteiger partial charge in [-0.2, -0.15) is 26.3 Å². The summed E-state index contributed by atoms with van der Waals surface area (Å²) in [4.78, 5) is 0.269. The number of alkyl halides is 6. The van der Waals surface area contributed by atoms with Crippen molar-refractivity contribution in [1.29, 1.82) is 0 Å². The van der Waals surface area contributed by atoms with Crippen LogP contribution in [0.3, 0.4) is 0 Å². The number of rotatable bonds is 4. The fourth-order valence-electron chi connectivity index (χ4n) is 3.28. The Kier molecular flexibility index (Phi) is 7.78. The van der Waals surface area contributed by atoms with Gasteiger partial charge < -0.3 is 0 Å². The Balaban J connectivity index is 2.82. The first-order chi connectivity index (χ1) is 14.5. The summed E-state index contributed by atoms with van der Waals surface area (Å²) in [6.07, 6.45) is -8.99. The molecule has 2 aromatic rings. The second kappa shape index (κ2) is 9.75. The van der Waals surface area contributed by atoms with E-state index in [2.05, 4.69) is 23.7 Å². The van der Waals surface area contributed by atoms with Gasteiger partial charge in [0, 0.05) is 9.79 Å². The second-order valence-electron chi connectivity index (χ2n) is 6.50. The third-order valence-electron chi connectivity index (χ3n) is 4.56. The topological polar surface area (TPSA) is 0 Å². The summed E-state index contributed by atoms with van der Waals surface area (Å²) < 4.78 is 82.9. The molecule has 0 radical (unpaired) electrons. The highest BCUT2D eigenvalue weighted by atomic mass is 32.2. The van der Waals surface area contributed by atoms with Crippen LogP contribution in [0, 0.1) is 23.7 Å². The molecule has 0 saturated carbocycles. The number of aryl methyl sites for hydroxylation is 2. The third kappa shape index (κ3) is 5.40. The number of benzene rings is 2. The molecule has 2 rings (SSSR count). The molecule has 0 heterocycles. The van der Waals surface area contributed by atoms with E-state index < -0.39 is 23.5 Å². The van der Waals surface area contributed by atoms with Gasteiger partial charge in [-0.3, -0.25) is 0 Å². The van der Waals surface area contributed by atoms with Crippen LogP contribution >= 0.6 is 11.8 Å². The molecule has 0 amide bonds. The summed E-state index contributed by atoms with van der Waals surface area (Å²) in [5, 5.41) is 0. The van der Waals surface area contributed by atoms with Crippen molar-refractivity contribution in [3.63, 3.8) is 0 Å². The minimum atomic E-state index is -4.64. The van der Waals surface area contributed by atoms with Crippen molar-refractivity contribution in [2.45, 2.75) is 62.7 Å². The lowest BCUT2D eigenvalue weighted by Gasteiger charge is -2.19. The highest BCUT2D eigenvalue weighted by Gasteiger charge is 2.38. The molecule has 0 aliphatic carbocycles. The van der Waals surface area contributed by atoms with Crippen molar-refractivity contribution in [3.8, 4) is 23.7 Å². The molecule has 0 nitrogen and oxygen atoms in total. The van der Waals surface area contributed by atoms with Crippen molar-refractivity contribution in [2.24, 2.45) is 0 Å². The van der Waals surface area contributed by atoms with E-state index in [1.165, 1.54) is 38.1 Å². The maximum absolute atomic E-state index is 13.8. The van der Waals surface area contributed by atoms with Gasteiger partial charge >= 0.3 is 12.4 Å². The summed E-state index contributed by atoms with van der Waals surface area (Å²) in [6.45, 7) is 6.04. The molecule has 0 atom stereocenters. The van der Waals surface area contributed by atoms with Gasteiger partial charge in [0.25, 0.3) is 0 Å². The molecule has 0 unspecified atom stereocenters. The van der Waals surface area contributed by atoms with Crippen molar-refractivity contribution < 1.29 is 26.3 Å². The lowest BCUT2D eigenvalue weighted by atomic mass is 9.98. The van der Waals surface area contributed by atoms with Crippen LogP contribution in [-0.2, 0) is 25.2 Å². The lowest BCUT2D eigenvalue weighted by molar-refractivity contribution is -0.139. The van der Waals surface area contributed by atoms with E-state index in [-0.39, 0.29) is 44.9 Å². The maximum Gasteiger partial charge on any atom is 0.417 e. The van der Waals surface area contributed by atoms with E-state index in [0.717, 1.165) is 11.8 Å². The molecule has 0 spiro atoms. The first-order valence-electron chi connectivity index (χ1n) is 9.48. The van der Waals surface area contributed by atoms with E-state index in [4.69, 9.17) is 0 Å². The van der Waals surface area contributed by atoms with E-state index >= 15 is 0 Å². The van der Waals surface area contributed by atoms with Crippen LogP contribution < -0.4 is 0 Å². The van der Waals surface area contributed by atoms with Crippen LogP contribution in [0.1, 0.15) is 61.1 Å². The standard InChI is InChI=1S/C24H20F6S/c1-5-9-17-19(13-11-15(7-3)21(17)23(25,26)27)31-20-14-12-16(8-4)22(24(28,29)30)18(20)10-6-2/h11-14H,7-8H2,1-4H3. The van der Waals surface area contributed by atoms with Gasteiger partial charge in [0.05, 0.1) is 22.3 Å². The maximum atomic E-state index is 13.8. The van der Waals surface area contributed by atoms with Crippen LogP contribution in [0.2, 0.25) is 0 Å². The summed E-state index contributed by atoms with van der Waals surface area (Å²) in [7, 11) is 0. The van der Waals surface area contributed by atoms with Crippen LogP contribution in [0.5, 0.6) is 0 Å². The average molecular weight is 454 g/mol. The molecule has 0 N–H and O–H groups in total. The molecule has 7 heteroatoms. The molecular weight excluding hydrogens is 434 g/mol. The number of hydrogen-bond donors (Lipinski definition) is 0. The zero-order valence-electron chi connectivity index (χ0n) is 17.4. The molecule has 164 valence electrons. The minimum Gasteiger partial charge on any atom is -0.166 e. The molecule has 0 aliphatic rings. The zero-order valence-corrected chi connectivity index (χ0v) is 18.2. The Morgan fingerprint density at radius 1 is 0.677 bits per heavy atom. The molecule has 0 aliphatic heterocycles. The Morgan fingerprint density at radius 3 is 1.29 bits per heavy atom. The third-order valence-corrected chi connectivity index (χ3v) is 5.68. The molecule has 0 fully saturated rings. The van der Waals surface area contributed by atoms with Crippen molar-refractivity contribution in [1.82, 2.24) is 0 Å². The first-order valence-corrected chi connectivity index (χ1v) is 10.3. The molecule has 0 bridgehead atoms. The van der Waals surface area contributed by atoms with Gasteiger partial charge in [-0.15, -0.1) is 11.8 Å². The van der Waals surface area contributed by atoms with Crippen LogP contribution in [-0.4, -0.2) is 0 Å². The van der Waals surface area contributed by atoms with Crippen molar-refractivity contribution in [3.05, 3.63) is 57.6 Å². The van der Waals surface area contributed by atoms with Gasteiger partial charge in [-0.05, 0) is 49.9 Å². The van der Waals surface area contributed by atoms with E-state index in [1.54, 1.807) is 13.8 Å². The first kappa shape index (κ1) is 24.8. The smallest absolute Gasteiger partial charge is 0.166 e. The molecule has 0 aromatic heterocycles. The number of halogens is 6. The zero-order chi connectivity index (χ0) is 23.4. The summed E-state index contributed by atoms with van der Waals surface area (Å²) in [5.74, 6) is 10.0. The van der Waals surface area contributed by atoms with Crippen LogP contribution in [0.25, 0.3) is 0 Å². The molecular formula is C24H20F6S. The highest BCUT2D eigenvalue weighted by Crippen LogP contribution is 2.44. The SMILES string of the molecule is CC#Cc1c(Sc2ccc(CC)c(C(F)(F)F)c2C#CC)ccc(CC)c1C(F)(F)F. The minimum absolute atomic E-state index is 0.0838.